The summed E-state index contributed by atoms with van der Waals surface area (Å²) in [5, 5.41) is 0. The number of H-pyrrole nitrogens is 1. The van der Waals surface area contributed by atoms with Crippen molar-refractivity contribution in [1.82, 2.24) is 9.55 Å². The molecule has 1 aromatic heterocycles. The maximum absolute atomic E-state index is 5.66. The van der Waals surface area contributed by atoms with Crippen LogP contribution in [0.15, 0.2) is 18.2 Å². The van der Waals surface area contributed by atoms with Crippen LogP contribution < -0.4 is 4.74 Å². The molecule has 1 unspecified atom stereocenters. The van der Waals surface area contributed by atoms with Gasteiger partial charge in [-0.3, -0.25) is 0 Å². The second-order valence-corrected chi connectivity index (χ2v) is 5.59. The zero-order valence-corrected chi connectivity index (χ0v) is 12.5. The summed E-state index contributed by atoms with van der Waals surface area (Å²) >= 11 is 5.48. The van der Waals surface area contributed by atoms with Gasteiger partial charge in [0.05, 0.1) is 18.7 Å². The van der Waals surface area contributed by atoms with Crippen LogP contribution >= 0.6 is 12.2 Å². The van der Waals surface area contributed by atoms with Gasteiger partial charge in [-0.05, 0) is 44.1 Å². The first-order valence-electron chi connectivity index (χ1n) is 7.21. The summed E-state index contributed by atoms with van der Waals surface area (Å²) in [5.41, 5.74) is 2.11. The molecule has 2 aromatic rings. The normalized spacial score (nSPS) is 19.4. The van der Waals surface area contributed by atoms with E-state index in [1.54, 1.807) is 0 Å². The quantitative estimate of drug-likeness (QED) is 0.876. The van der Waals surface area contributed by atoms with Crippen molar-refractivity contribution in [3.63, 3.8) is 0 Å². The zero-order valence-electron chi connectivity index (χ0n) is 11.7. The van der Waals surface area contributed by atoms with Gasteiger partial charge in [-0.1, -0.05) is 6.07 Å². The molecule has 3 rings (SSSR count). The van der Waals surface area contributed by atoms with Crippen LogP contribution in [0.25, 0.3) is 11.0 Å². The standard InChI is InChI=1S/C15H20N2O2S/c1-2-19-13-7-3-6-12-14(13)16-15(20)17(12)9-11-5-4-8-18-10-11/h3,6-7,11H,2,4-5,8-10H2,1H3,(H,16,20). The smallest absolute Gasteiger partial charge is 0.178 e. The molecule has 1 aromatic carbocycles. The lowest BCUT2D eigenvalue weighted by Crippen LogP contribution is -2.22. The van der Waals surface area contributed by atoms with Crippen LogP contribution in [0.5, 0.6) is 5.75 Å². The van der Waals surface area contributed by atoms with E-state index in [4.69, 9.17) is 21.7 Å². The number of aromatic nitrogens is 2. The molecular formula is C15H20N2O2S. The number of fused-ring (bicyclic) bond motifs is 1. The van der Waals surface area contributed by atoms with Gasteiger partial charge in [0.1, 0.15) is 11.3 Å². The van der Waals surface area contributed by atoms with Gasteiger partial charge in [0, 0.05) is 19.1 Å². The van der Waals surface area contributed by atoms with Crippen LogP contribution in [-0.4, -0.2) is 29.4 Å². The van der Waals surface area contributed by atoms with Crippen LogP contribution in [0.1, 0.15) is 19.8 Å². The molecule has 1 fully saturated rings. The Bertz CT molecular complexity index is 641. The van der Waals surface area contributed by atoms with Gasteiger partial charge in [0.2, 0.25) is 0 Å². The Balaban J connectivity index is 1.96. The molecular weight excluding hydrogens is 272 g/mol. The Hall–Kier alpha value is -1.33. The lowest BCUT2D eigenvalue weighted by Gasteiger charge is -2.22. The first-order valence-corrected chi connectivity index (χ1v) is 7.62. The van der Waals surface area contributed by atoms with Gasteiger partial charge in [0.15, 0.2) is 4.77 Å². The minimum absolute atomic E-state index is 0.546. The van der Waals surface area contributed by atoms with Crippen molar-refractivity contribution in [3.8, 4) is 5.75 Å². The van der Waals surface area contributed by atoms with E-state index in [0.29, 0.717) is 12.5 Å². The third kappa shape index (κ3) is 2.60. The molecule has 1 saturated heterocycles. The van der Waals surface area contributed by atoms with Crippen molar-refractivity contribution < 1.29 is 9.47 Å². The topological polar surface area (TPSA) is 39.2 Å². The summed E-state index contributed by atoms with van der Waals surface area (Å²) in [6, 6.07) is 6.09. The Morgan fingerprint density at radius 3 is 3.15 bits per heavy atom. The molecule has 0 spiro atoms. The third-order valence-electron chi connectivity index (χ3n) is 3.77. The first-order chi connectivity index (χ1) is 9.79. The minimum Gasteiger partial charge on any atom is -0.492 e. The van der Waals surface area contributed by atoms with E-state index in [2.05, 4.69) is 15.6 Å². The fraction of sp³-hybridized carbons (Fsp3) is 0.533. The lowest BCUT2D eigenvalue weighted by atomic mass is 10.0. The van der Waals surface area contributed by atoms with Gasteiger partial charge in [-0.25, -0.2) is 0 Å². The molecule has 4 nitrogen and oxygen atoms in total. The third-order valence-corrected chi connectivity index (χ3v) is 4.09. The van der Waals surface area contributed by atoms with E-state index >= 15 is 0 Å². The van der Waals surface area contributed by atoms with E-state index in [1.807, 2.05) is 19.1 Å². The Morgan fingerprint density at radius 1 is 1.50 bits per heavy atom. The van der Waals surface area contributed by atoms with Crippen LogP contribution in [0.2, 0.25) is 0 Å². The Labute approximate surface area is 123 Å². The second-order valence-electron chi connectivity index (χ2n) is 5.21. The summed E-state index contributed by atoms with van der Waals surface area (Å²) in [4.78, 5) is 3.28. The van der Waals surface area contributed by atoms with Crippen LogP contribution in [0, 0.1) is 10.7 Å². The zero-order chi connectivity index (χ0) is 13.9. The van der Waals surface area contributed by atoms with E-state index < -0.39 is 0 Å². The minimum atomic E-state index is 0.546. The van der Waals surface area contributed by atoms with Crippen molar-refractivity contribution in [2.45, 2.75) is 26.3 Å². The molecule has 0 amide bonds. The fourth-order valence-corrected chi connectivity index (χ4v) is 3.10. The van der Waals surface area contributed by atoms with Gasteiger partial charge in [0.25, 0.3) is 0 Å². The van der Waals surface area contributed by atoms with Gasteiger partial charge in [-0.15, -0.1) is 0 Å². The highest BCUT2D eigenvalue weighted by Gasteiger charge is 2.17. The summed E-state index contributed by atoms with van der Waals surface area (Å²) in [7, 11) is 0. The first kappa shape index (κ1) is 13.6. The van der Waals surface area contributed by atoms with E-state index in [9.17, 15) is 0 Å². The molecule has 20 heavy (non-hydrogen) atoms. The lowest BCUT2D eigenvalue weighted by molar-refractivity contribution is 0.0486. The Morgan fingerprint density at radius 2 is 2.40 bits per heavy atom. The molecule has 1 aliphatic rings. The molecule has 0 radical (unpaired) electrons. The number of imidazole rings is 1. The highest BCUT2D eigenvalue weighted by molar-refractivity contribution is 7.71. The molecule has 0 saturated carbocycles. The van der Waals surface area contributed by atoms with Crippen LogP contribution in [-0.2, 0) is 11.3 Å². The second kappa shape index (κ2) is 5.97. The average Bonchev–Trinajstić information content (AvgIpc) is 2.78. The van der Waals surface area contributed by atoms with Crippen molar-refractivity contribution in [1.29, 1.82) is 0 Å². The van der Waals surface area contributed by atoms with Crippen LogP contribution in [0.4, 0.5) is 0 Å². The summed E-state index contributed by atoms with van der Waals surface area (Å²) in [6.45, 7) is 5.28. The SMILES string of the molecule is CCOc1cccc2c1[nH]c(=S)n2CC1CCCOC1. The molecule has 2 heterocycles. The number of nitrogens with zero attached hydrogens (tertiary/aromatic N) is 1. The Kier molecular flexibility index (Phi) is 4.08. The van der Waals surface area contributed by atoms with E-state index in [1.165, 1.54) is 6.42 Å². The number of rotatable bonds is 4. The van der Waals surface area contributed by atoms with Crippen molar-refractivity contribution in [2.75, 3.05) is 19.8 Å². The van der Waals surface area contributed by atoms with Gasteiger partial charge < -0.3 is 19.0 Å². The number of hydrogen-bond acceptors (Lipinski definition) is 3. The van der Waals surface area contributed by atoms with E-state index in [0.717, 1.165) is 47.7 Å². The summed E-state index contributed by atoms with van der Waals surface area (Å²) in [5.74, 6) is 1.42. The molecule has 0 aliphatic carbocycles. The highest BCUT2D eigenvalue weighted by atomic mass is 32.1. The van der Waals surface area contributed by atoms with Crippen LogP contribution in [0.3, 0.4) is 0 Å². The molecule has 1 aliphatic heterocycles. The van der Waals surface area contributed by atoms with Crippen molar-refractivity contribution in [3.05, 3.63) is 23.0 Å². The maximum atomic E-state index is 5.66. The number of hydrogen-bond donors (Lipinski definition) is 1. The maximum Gasteiger partial charge on any atom is 0.178 e. The fourth-order valence-electron chi connectivity index (χ4n) is 2.82. The van der Waals surface area contributed by atoms with Crippen molar-refractivity contribution in [2.24, 2.45) is 5.92 Å². The van der Waals surface area contributed by atoms with Gasteiger partial charge >= 0.3 is 0 Å². The number of para-hydroxylation sites is 1. The highest BCUT2D eigenvalue weighted by Crippen LogP contribution is 2.26. The number of ether oxygens (including phenoxy) is 2. The molecule has 108 valence electrons. The predicted octanol–water partition coefficient (Wildman–Crippen LogP) is 3.52. The summed E-state index contributed by atoms with van der Waals surface area (Å²) < 4.78 is 14.2. The number of benzene rings is 1. The molecule has 5 heteroatoms. The molecule has 1 atom stereocenters. The average molecular weight is 292 g/mol. The monoisotopic (exact) mass is 292 g/mol. The van der Waals surface area contributed by atoms with Crippen molar-refractivity contribution >= 4 is 23.3 Å². The number of aromatic amines is 1. The molecule has 0 bridgehead atoms. The van der Waals surface area contributed by atoms with E-state index in [-0.39, 0.29) is 0 Å². The predicted molar refractivity (Wildman–Crippen MR) is 81.8 cm³/mol. The molecule has 1 N–H and O–H groups in total. The largest absolute Gasteiger partial charge is 0.492 e. The number of nitrogens with one attached hydrogen (secondary N) is 1. The van der Waals surface area contributed by atoms with Gasteiger partial charge in [-0.2, -0.15) is 0 Å². The summed E-state index contributed by atoms with van der Waals surface area (Å²) in [6.07, 6.45) is 2.35.